The maximum atomic E-state index is 12.0. The van der Waals surface area contributed by atoms with E-state index < -0.39 is 6.04 Å². The van der Waals surface area contributed by atoms with E-state index >= 15 is 0 Å². The molecule has 5 nitrogen and oxygen atoms in total. The van der Waals surface area contributed by atoms with Crippen LogP contribution in [0.25, 0.3) is 0 Å². The van der Waals surface area contributed by atoms with Crippen molar-refractivity contribution >= 4 is 5.91 Å². The summed E-state index contributed by atoms with van der Waals surface area (Å²) >= 11 is 0. The molecule has 0 radical (unpaired) electrons. The van der Waals surface area contributed by atoms with Gasteiger partial charge in [-0.2, -0.15) is 0 Å². The van der Waals surface area contributed by atoms with Crippen molar-refractivity contribution in [3.05, 3.63) is 59.8 Å². The van der Waals surface area contributed by atoms with E-state index in [4.69, 9.17) is 10.5 Å². The van der Waals surface area contributed by atoms with Crippen molar-refractivity contribution in [1.29, 1.82) is 0 Å². The van der Waals surface area contributed by atoms with Crippen LogP contribution in [0.5, 0.6) is 5.88 Å². The first-order valence-electron chi connectivity index (χ1n) is 6.28. The zero-order valence-electron chi connectivity index (χ0n) is 11.2. The first-order chi connectivity index (χ1) is 9.70. The number of nitrogens with one attached hydrogen (secondary N) is 1. The molecule has 1 aromatic heterocycles. The quantitative estimate of drug-likeness (QED) is 0.862. The van der Waals surface area contributed by atoms with Gasteiger partial charge in [-0.05, 0) is 11.1 Å². The Morgan fingerprint density at radius 1 is 1.30 bits per heavy atom. The lowest BCUT2D eigenvalue weighted by atomic mass is 10.1. The van der Waals surface area contributed by atoms with Gasteiger partial charge >= 0.3 is 0 Å². The lowest BCUT2D eigenvalue weighted by molar-refractivity contribution is -0.122. The van der Waals surface area contributed by atoms with Gasteiger partial charge in [0.05, 0.1) is 7.11 Å². The zero-order valence-corrected chi connectivity index (χ0v) is 11.2. The molecule has 0 aliphatic rings. The van der Waals surface area contributed by atoms with Crippen LogP contribution in [-0.2, 0) is 11.3 Å². The summed E-state index contributed by atoms with van der Waals surface area (Å²) < 4.78 is 4.97. The Balaban J connectivity index is 1.91. The van der Waals surface area contributed by atoms with Gasteiger partial charge in [0, 0.05) is 18.8 Å². The van der Waals surface area contributed by atoms with Gasteiger partial charge in [0.2, 0.25) is 11.8 Å². The molecule has 20 heavy (non-hydrogen) atoms. The van der Waals surface area contributed by atoms with E-state index in [2.05, 4.69) is 10.3 Å². The Labute approximate surface area is 117 Å². The van der Waals surface area contributed by atoms with Gasteiger partial charge < -0.3 is 15.8 Å². The monoisotopic (exact) mass is 271 g/mol. The number of carbonyl (C=O) groups is 1. The highest BCUT2D eigenvalue weighted by Gasteiger charge is 2.14. The summed E-state index contributed by atoms with van der Waals surface area (Å²) in [7, 11) is 1.56. The standard InChI is InChI=1S/C15H17N3O2/c1-20-13-8-7-11(9-17-13)10-18-15(19)14(16)12-5-3-2-4-6-12/h2-9,14H,10,16H2,1H3,(H,18,19)/t14-/m0/s1. The van der Waals surface area contributed by atoms with Crippen LogP contribution in [-0.4, -0.2) is 18.0 Å². The summed E-state index contributed by atoms with van der Waals surface area (Å²) in [6.45, 7) is 0.385. The van der Waals surface area contributed by atoms with E-state index in [-0.39, 0.29) is 5.91 Å². The second-order valence-corrected chi connectivity index (χ2v) is 4.31. The Kier molecular flexibility index (Phi) is 4.68. The molecule has 0 bridgehead atoms. The van der Waals surface area contributed by atoms with Crippen molar-refractivity contribution in [1.82, 2.24) is 10.3 Å². The second kappa shape index (κ2) is 6.68. The number of amides is 1. The van der Waals surface area contributed by atoms with Gasteiger partial charge in [0.15, 0.2) is 0 Å². The number of nitrogens with zero attached hydrogens (tertiary/aromatic N) is 1. The first kappa shape index (κ1) is 14.0. The highest BCUT2D eigenvalue weighted by Crippen LogP contribution is 2.10. The Bertz CT molecular complexity index is 555. The highest BCUT2D eigenvalue weighted by molar-refractivity contribution is 5.82. The van der Waals surface area contributed by atoms with Crippen molar-refractivity contribution in [3.63, 3.8) is 0 Å². The summed E-state index contributed by atoms with van der Waals surface area (Å²) in [6.07, 6.45) is 1.66. The van der Waals surface area contributed by atoms with Gasteiger partial charge in [-0.15, -0.1) is 0 Å². The molecule has 2 aromatic rings. The van der Waals surface area contributed by atoms with Crippen LogP contribution in [0.4, 0.5) is 0 Å². The third kappa shape index (κ3) is 3.55. The van der Waals surface area contributed by atoms with E-state index in [1.54, 1.807) is 19.4 Å². The summed E-state index contributed by atoms with van der Waals surface area (Å²) in [5.74, 6) is 0.327. The number of carbonyl (C=O) groups excluding carboxylic acids is 1. The summed E-state index contributed by atoms with van der Waals surface area (Å²) in [6, 6.07) is 12.2. The van der Waals surface area contributed by atoms with E-state index in [0.717, 1.165) is 11.1 Å². The molecule has 0 aliphatic carbocycles. The normalized spacial score (nSPS) is 11.7. The number of pyridine rings is 1. The largest absolute Gasteiger partial charge is 0.481 e. The molecule has 104 valence electrons. The maximum absolute atomic E-state index is 12.0. The molecular formula is C15H17N3O2. The van der Waals surface area contributed by atoms with Gasteiger partial charge in [0.25, 0.3) is 0 Å². The predicted octanol–water partition coefficient (Wildman–Crippen LogP) is 1.41. The third-order valence-corrected chi connectivity index (χ3v) is 2.91. The number of ether oxygens (including phenoxy) is 1. The van der Waals surface area contributed by atoms with Crippen molar-refractivity contribution in [2.45, 2.75) is 12.6 Å². The predicted molar refractivity (Wildman–Crippen MR) is 76.0 cm³/mol. The van der Waals surface area contributed by atoms with Crippen LogP contribution >= 0.6 is 0 Å². The SMILES string of the molecule is COc1ccc(CNC(=O)[C@@H](N)c2ccccc2)cn1. The molecular weight excluding hydrogens is 254 g/mol. The van der Waals surface area contributed by atoms with Crippen LogP contribution in [0.1, 0.15) is 17.2 Å². The van der Waals surface area contributed by atoms with Crippen LogP contribution in [0, 0.1) is 0 Å². The molecule has 1 aromatic carbocycles. The molecule has 5 heteroatoms. The van der Waals surface area contributed by atoms with Gasteiger partial charge in [-0.1, -0.05) is 36.4 Å². The first-order valence-corrected chi connectivity index (χ1v) is 6.28. The fraction of sp³-hybridized carbons (Fsp3) is 0.200. The Hall–Kier alpha value is -2.40. The number of aromatic nitrogens is 1. The van der Waals surface area contributed by atoms with E-state index in [1.165, 1.54) is 0 Å². The van der Waals surface area contributed by atoms with E-state index in [9.17, 15) is 4.79 Å². The minimum Gasteiger partial charge on any atom is -0.481 e. The molecule has 1 amide bonds. The van der Waals surface area contributed by atoms with Crippen LogP contribution in [0.3, 0.4) is 0 Å². The highest BCUT2D eigenvalue weighted by atomic mass is 16.5. The fourth-order valence-corrected chi connectivity index (χ4v) is 1.75. The number of rotatable bonds is 5. The molecule has 1 heterocycles. The molecule has 0 unspecified atom stereocenters. The van der Waals surface area contributed by atoms with Crippen molar-refractivity contribution in [2.75, 3.05) is 7.11 Å². The number of nitrogens with two attached hydrogens (primary N) is 1. The van der Waals surface area contributed by atoms with Crippen LogP contribution < -0.4 is 15.8 Å². The van der Waals surface area contributed by atoms with E-state index in [1.807, 2.05) is 36.4 Å². The smallest absolute Gasteiger partial charge is 0.241 e. The molecule has 0 spiro atoms. The third-order valence-electron chi connectivity index (χ3n) is 2.91. The van der Waals surface area contributed by atoms with Crippen LogP contribution in [0.15, 0.2) is 48.7 Å². The molecule has 0 fully saturated rings. The summed E-state index contributed by atoms with van der Waals surface area (Å²) in [4.78, 5) is 16.0. The van der Waals surface area contributed by atoms with E-state index in [0.29, 0.717) is 12.4 Å². The average molecular weight is 271 g/mol. The zero-order chi connectivity index (χ0) is 14.4. The van der Waals surface area contributed by atoms with Gasteiger partial charge in [-0.3, -0.25) is 4.79 Å². The number of methoxy groups -OCH3 is 1. The molecule has 1 atom stereocenters. The van der Waals surface area contributed by atoms with Crippen LogP contribution in [0.2, 0.25) is 0 Å². The molecule has 2 rings (SSSR count). The number of benzene rings is 1. The molecule has 3 N–H and O–H groups in total. The minimum absolute atomic E-state index is 0.216. The number of hydrogen-bond acceptors (Lipinski definition) is 4. The fourth-order valence-electron chi connectivity index (χ4n) is 1.75. The van der Waals surface area contributed by atoms with Gasteiger partial charge in [-0.25, -0.2) is 4.98 Å². The second-order valence-electron chi connectivity index (χ2n) is 4.31. The average Bonchev–Trinajstić information content (AvgIpc) is 2.53. The van der Waals surface area contributed by atoms with Crippen molar-refractivity contribution < 1.29 is 9.53 Å². The molecule has 0 saturated heterocycles. The lowest BCUT2D eigenvalue weighted by Gasteiger charge is -2.12. The molecule has 0 aliphatic heterocycles. The van der Waals surface area contributed by atoms with Crippen molar-refractivity contribution in [2.24, 2.45) is 5.73 Å². The molecule has 0 saturated carbocycles. The lowest BCUT2D eigenvalue weighted by Crippen LogP contribution is -2.33. The van der Waals surface area contributed by atoms with Gasteiger partial charge in [0.1, 0.15) is 6.04 Å². The topological polar surface area (TPSA) is 77.2 Å². The summed E-state index contributed by atoms with van der Waals surface area (Å²) in [5, 5.41) is 2.79. The number of hydrogen-bond donors (Lipinski definition) is 2. The minimum atomic E-state index is -0.664. The summed E-state index contributed by atoms with van der Waals surface area (Å²) in [5.41, 5.74) is 7.58. The Morgan fingerprint density at radius 2 is 2.05 bits per heavy atom. The maximum Gasteiger partial charge on any atom is 0.241 e. The van der Waals surface area contributed by atoms with Crippen molar-refractivity contribution in [3.8, 4) is 5.88 Å². The Morgan fingerprint density at radius 3 is 2.65 bits per heavy atom.